The summed E-state index contributed by atoms with van der Waals surface area (Å²) in [5.41, 5.74) is 7.22. The van der Waals surface area contributed by atoms with Gasteiger partial charge in [-0.3, -0.25) is 4.79 Å². The Morgan fingerprint density at radius 2 is 2.10 bits per heavy atom. The van der Waals surface area contributed by atoms with Crippen molar-refractivity contribution in [3.63, 3.8) is 0 Å². The Morgan fingerprint density at radius 3 is 2.65 bits per heavy atom. The van der Waals surface area contributed by atoms with Crippen molar-refractivity contribution in [2.45, 2.75) is 38.6 Å². The molecule has 0 aliphatic heterocycles. The molecule has 0 spiro atoms. The zero-order valence-corrected chi connectivity index (χ0v) is 13.1. The summed E-state index contributed by atoms with van der Waals surface area (Å²) in [7, 11) is 0. The third-order valence-electron chi connectivity index (χ3n) is 3.77. The molecule has 1 amide bonds. The van der Waals surface area contributed by atoms with E-state index in [0.29, 0.717) is 22.1 Å². The fourth-order valence-corrected chi connectivity index (χ4v) is 3.14. The Kier molecular flexibility index (Phi) is 5.00. The molecule has 1 fully saturated rings. The maximum Gasteiger partial charge on any atom is 0.254 e. The van der Waals surface area contributed by atoms with Crippen molar-refractivity contribution in [2.24, 2.45) is 5.73 Å². The third-order valence-corrected chi connectivity index (χ3v) is 4.14. The van der Waals surface area contributed by atoms with E-state index in [1.165, 1.54) is 0 Å². The lowest BCUT2D eigenvalue weighted by atomic mass is 10.1. The SMILES string of the molecule is Cc1cc(Cl)ccc1C(=O)N(CC(N)=S)C1CCCC1. The molecule has 20 heavy (non-hydrogen) atoms. The van der Waals surface area contributed by atoms with E-state index >= 15 is 0 Å². The molecule has 0 bridgehead atoms. The average molecular weight is 311 g/mol. The van der Waals surface area contributed by atoms with E-state index in [0.717, 1.165) is 31.2 Å². The van der Waals surface area contributed by atoms with Crippen molar-refractivity contribution < 1.29 is 4.79 Å². The van der Waals surface area contributed by atoms with Gasteiger partial charge in [-0.05, 0) is 43.5 Å². The van der Waals surface area contributed by atoms with E-state index in [1.54, 1.807) is 12.1 Å². The number of nitrogens with zero attached hydrogens (tertiary/aromatic N) is 1. The zero-order valence-electron chi connectivity index (χ0n) is 11.6. The molecule has 0 unspecified atom stereocenters. The predicted octanol–water partition coefficient (Wildman–Crippen LogP) is 3.32. The summed E-state index contributed by atoms with van der Waals surface area (Å²) in [6.45, 7) is 2.24. The summed E-state index contributed by atoms with van der Waals surface area (Å²) in [5, 5.41) is 0.640. The molecular weight excluding hydrogens is 292 g/mol. The third kappa shape index (κ3) is 3.49. The van der Waals surface area contributed by atoms with Crippen LogP contribution in [-0.2, 0) is 0 Å². The number of nitrogens with two attached hydrogens (primary N) is 1. The van der Waals surface area contributed by atoms with E-state index in [1.807, 2.05) is 17.9 Å². The molecule has 108 valence electrons. The van der Waals surface area contributed by atoms with Gasteiger partial charge in [0.15, 0.2) is 0 Å². The number of hydrogen-bond donors (Lipinski definition) is 1. The number of rotatable bonds is 4. The number of benzene rings is 1. The summed E-state index contributed by atoms with van der Waals surface area (Å²) in [6.07, 6.45) is 4.37. The van der Waals surface area contributed by atoms with Gasteiger partial charge in [-0.25, -0.2) is 0 Å². The van der Waals surface area contributed by atoms with Crippen LogP contribution in [0.5, 0.6) is 0 Å². The van der Waals surface area contributed by atoms with Crippen LogP contribution in [0.3, 0.4) is 0 Å². The Labute approximate surface area is 130 Å². The smallest absolute Gasteiger partial charge is 0.254 e. The van der Waals surface area contributed by atoms with Crippen molar-refractivity contribution >= 4 is 34.7 Å². The monoisotopic (exact) mass is 310 g/mol. The number of aryl methyl sites for hydroxylation is 1. The number of hydrogen-bond acceptors (Lipinski definition) is 2. The lowest BCUT2D eigenvalue weighted by molar-refractivity contribution is 0.0714. The van der Waals surface area contributed by atoms with Crippen molar-refractivity contribution in [2.75, 3.05) is 6.54 Å². The first-order valence-electron chi connectivity index (χ1n) is 6.84. The minimum Gasteiger partial charge on any atom is -0.392 e. The summed E-state index contributed by atoms with van der Waals surface area (Å²) in [4.78, 5) is 15.0. The maximum atomic E-state index is 12.8. The Bertz CT molecular complexity index is 527. The highest BCUT2D eigenvalue weighted by Gasteiger charge is 2.28. The second-order valence-electron chi connectivity index (χ2n) is 5.30. The minimum atomic E-state index is -0.00105. The van der Waals surface area contributed by atoms with Crippen LogP contribution < -0.4 is 5.73 Å². The minimum absolute atomic E-state index is 0.00105. The molecular formula is C15H19ClN2OS. The van der Waals surface area contributed by atoms with E-state index in [2.05, 4.69) is 0 Å². The molecule has 0 radical (unpaired) electrons. The van der Waals surface area contributed by atoms with Gasteiger partial charge >= 0.3 is 0 Å². The number of carbonyl (C=O) groups is 1. The molecule has 1 aromatic rings. The van der Waals surface area contributed by atoms with Gasteiger partial charge in [0.25, 0.3) is 5.91 Å². The van der Waals surface area contributed by atoms with Crippen LogP contribution >= 0.6 is 23.8 Å². The van der Waals surface area contributed by atoms with Crippen LogP contribution in [-0.4, -0.2) is 28.4 Å². The number of halogens is 1. The predicted molar refractivity (Wildman–Crippen MR) is 86.3 cm³/mol. The highest BCUT2D eigenvalue weighted by Crippen LogP contribution is 2.26. The summed E-state index contributed by atoms with van der Waals surface area (Å²) in [5.74, 6) is -0.00105. The van der Waals surface area contributed by atoms with Crippen LogP contribution in [0.4, 0.5) is 0 Å². The van der Waals surface area contributed by atoms with Gasteiger partial charge in [0.2, 0.25) is 0 Å². The fraction of sp³-hybridized carbons (Fsp3) is 0.467. The lowest BCUT2D eigenvalue weighted by Crippen LogP contribution is -2.43. The van der Waals surface area contributed by atoms with Gasteiger partial charge in [-0.1, -0.05) is 36.7 Å². The molecule has 1 aromatic carbocycles. The standard InChI is InChI=1S/C15H19ClN2OS/c1-10-8-11(16)6-7-13(10)15(19)18(9-14(17)20)12-4-2-3-5-12/h6-8,12H,2-5,9H2,1H3,(H2,17,20). The summed E-state index contributed by atoms with van der Waals surface area (Å²) < 4.78 is 0. The average Bonchev–Trinajstić information content (AvgIpc) is 2.88. The number of carbonyl (C=O) groups excluding carboxylic acids is 1. The second kappa shape index (κ2) is 6.55. The first kappa shape index (κ1) is 15.3. The van der Waals surface area contributed by atoms with Crippen molar-refractivity contribution in [1.29, 1.82) is 0 Å². The first-order chi connectivity index (χ1) is 9.49. The quantitative estimate of drug-likeness (QED) is 0.868. The first-order valence-corrected chi connectivity index (χ1v) is 7.63. The van der Waals surface area contributed by atoms with Gasteiger partial charge < -0.3 is 10.6 Å². The number of thiocarbonyl (C=S) groups is 1. The maximum absolute atomic E-state index is 12.8. The molecule has 2 rings (SSSR count). The molecule has 1 saturated carbocycles. The molecule has 0 saturated heterocycles. The van der Waals surface area contributed by atoms with Crippen molar-refractivity contribution in [1.82, 2.24) is 4.90 Å². The van der Waals surface area contributed by atoms with Crippen LogP contribution in [0.1, 0.15) is 41.6 Å². The lowest BCUT2D eigenvalue weighted by Gasteiger charge is -2.29. The van der Waals surface area contributed by atoms with Gasteiger partial charge in [0.05, 0.1) is 11.5 Å². The largest absolute Gasteiger partial charge is 0.392 e. The summed E-state index contributed by atoms with van der Waals surface area (Å²) in [6, 6.07) is 5.58. The van der Waals surface area contributed by atoms with Gasteiger partial charge in [-0.2, -0.15) is 0 Å². The molecule has 2 N–H and O–H groups in total. The van der Waals surface area contributed by atoms with E-state index in [-0.39, 0.29) is 11.9 Å². The Morgan fingerprint density at radius 1 is 1.45 bits per heavy atom. The molecule has 1 aliphatic carbocycles. The van der Waals surface area contributed by atoms with Gasteiger partial charge in [0.1, 0.15) is 0 Å². The van der Waals surface area contributed by atoms with Gasteiger partial charge in [0, 0.05) is 16.6 Å². The number of amides is 1. The van der Waals surface area contributed by atoms with E-state index in [9.17, 15) is 4.79 Å². The Balaban J connectivity index is 2.27. The fourth-order valence-electron chi connectivity index (χ4n) is 2.77. The Hall–Kier alpha value is -1.13. The van der Waals surface area contributed by atoms with Crippen LogP contribution in [0.15, 0.2) is 18.2 Å². The second-order valence-corrected chi connectivity index (χ2v) is 6.26. The molecule has 0 aromatic heterocycles. The van der Waals surface area contributed by atoms with Crippen LogP contribution in [0.2, 0.25) is 5.02 Å². The van der Waals surface area contributed by atoms with Crippen LogP contribution in [0, 0.1) is 6.92 Å². The molecule has 0 heterocycles. The highest BCUT2D eigenvalue weighted by atomic mass is 35.5. The molecule has 3 nitrogen and oxygen atoms in total. The highest BCUT2D eigenvalue weighted by molar-refractivity contribution is 7.80. The molecule has 5 heteroatoms. The zero-order chi connectivity index (χ0) is 14.7. The van der Waals surface area contributed by atoms with Crippen molar-refractivity contribution in [3.8, 4) is 0 Å². The summed E-state index contributed by atoms with van der Waals surface area (Å²) >= 11 is 10.9. The normalized spacial score (nSPS) is 15.3. The topological polar surface area (TPSA) is 46.3 Å². The van der Waals surface area contributed by atoms with Crippen LogP contribution in [0.25, 0.3) is 0 Å². The van der Waals surface area contributed by atoms with Crippen molar-refractivity contribution in [3.05, 3.63) is 34.3 Å². The molecule has 1 aliphatic rings. The van der Waals surface area contributed by atoms with E-state index < -0.39 is 0 Å². The van der Waals surface area contributed by atoms with E-state index in [4.69, 9.17) is 29.6 Å². The molecule has 0 atom stereocenters. The van der Waals surface area contributed by atoms with Gasteiger partial charge in [-0.15, -0.1) is 0 Å².